The smallest absolute Gasteiger partial charge is 0.277 e. The van der Waals surface area contributed by atoms with Gasteiger partial charge in [0.15, 0.2) is 0 Å². The van der Waals surface area contributed by atoms with Crippen molar-refractivity contribution in [1.82, 2.24) is 9.62 Å². The molecule has 0 spiro atoms. The minimum absolute atomic E-state index is 0.106. The Morgan fingerprint density at radius 1 is 1.27 bits per heavy atom. The van der Waals surface area contributed by atoms with Crippen LogP contribution in [0, 0.1) is 5.82 Å². The van der Waals surface area contributed by atoms with Gasteiger partial charge >= 0.3 is 0 Å². The second-order valence-electron chi connectivity index (χ2n) is 5.60. The average Bonchev–Trinajstić information content (AvgIpc) is 2.83. The van der Waals surface area contributed by atoms with Crippen molar-refractivity contribution >= 4 is 33.2 Å². The molecule has 0 aliphatic carbocycles. The molecule has 26 heavy (non-hydrogen) atoms. The van der Waals surface area contributed by atoms with Crippen LogP contribution in [0.4, 0.5) is 15.8 Å². The number of nitrogens with zero attached hydrogens (tertiary/aromatic N) is 2. The molecule has 142 valence electrons. The molecular formula is C15H19FN4O5S. The van der Waals surface area contributed by atoms with Gasteiger partial charge in [0.05, 0.1) is 24.5 Å². The number of amides is 2. The zero-order chi connectivity index (χ0) is 19.6. The Hall–Kier alpha value is -2.50. The highest BCUT2D eigenvalue weighted by molar-refractivity contribution is 7.89. The highest BCUT2D eigenvalue weighted by Crippen LogP contribution is 2.32. The van der Waals surface area contributed by atoms with E-state index in [4.69, 9.17) is 5.11 Å². The van der Waals surface area contributed by atoms with Crippen molar-refractivity contribution in [3.8, 4) is 0 Å². The SMILES string of the molecule is CNS(=O)(=O)c1cc(NC2=CC(=O)N(CCO)C2=O)c(N(C)C)cc1F. The molecule has 2 rings (SSSR count). The van der Waals surface area contributed by atoms with Crippen molar-refractivity contribution in [2.75, 3.05) is 44.5 Å². The molecule has 0 bridgehead atoms. The first kappa shape index (κ1) is 19.8. The minimum Gasteiger partial charge on any atom is -0.395 e. The Kier molecular flexibility index (Phi) is 5.64. The van der Waals surface area contributed by atoms with Crippen molar-refractivity contribution in [3.63, 3.8) is 0 Å². The van der Waals surface area contributed by atoms with E-state index in [9.17, 15) is 22.4 Å². The van der Waals surface area contributed by atoms with E-state index in [2.05, 4.69) is 5.32 Å². The first-order valence-electron chi connectivity index (χ1n) is 7.52. The maximum absolute atomic E-state index is 14.2. The summed E-state index contributed by atoms with van der Waals surface area (Å²) in [5, 5.41) is 11.6. The number of hydrogen-bond acceptors (Lipinski definition) is 7. The van der Waals surface area contributed by atoms with Crippen LogP contribution in [0.15, 0.2) is 28.8 Å². The number of benzene rings is 1. The second kappa shape index (κ2) is 7.40. The Balaban J connectivity index is 2.49. The summed E-state index contributed by atoms with van der Waals surface area (Å²) in [4.78, 5) is 25.8. The number of carbonyl (C=O) groups excluding carboxylic acids is 2. The number of aliphatic hydroxyl groups excluding tert-OH is 1. The van der Waals surface area contributed by atoms with Crippen molar-refractivity contribution in [1.29, 1.82) is 0 Å². The van der Waals surface area contributed by atoms with Crippen molar-refractivity contribution in [2.45, 2.75) is 4.90 Å². The third-order valence-corrected chi connectivity index (χ3v) is 5.12. The number of imide groups is 1. The predicted octanol–water partition coefficient (Wildman–Crippen LogP) is -0.543. The predicted molar refractivity (Wildman–Crippen MR) is 92.5 cm³/mol. The first-order valence-corrected chi connectivity index (χ1v) is 9.00. The number of rotatable bonds is 7. The van der Waals surface area contributed by atoms with E-state index >= 15 is 0 Å². The van der Waals surface area contributed by atoms with Crippen LogP contribution in [-0.2, 0) is 19.6 Å². The van der Waals surface area contributed by atoms with E-state index in [-0.39, 0.29) is 30.2 Å². The van der Waals surface area contributed by atoms with Gasteiger partial charge in [-0.25, -0.2) is 17.5 Å². The Labute approximate surface area is 150 Å². The molecule has 0 saturated carbocycles. The Bertz CT molecular complexity index is 882. The van der Waals surface area contributed by atoms with Crippen LogP contribution in [0.1, 0.15) is 0 Å². The molecule has 1 heterocycles. The third-order valence-electron chi connectivity index (χ3n) is 3.69. The lowest BCUT2D eigenvalue weighted by Gasteiger charge is -2.20. The standard InChI is InChI=1S/C15H19FN4O5S/c1-17-26(24,25)13-7-10(12(19(2)3)6-9(13)16)18-11-8-14(22)20(4-5-21)15(11)23/h6-8,17-18,21H,4-5H2,1-3H3. The largest absolute Gasteiger partial charge is 0.395 e. The highest BCUT2D eigenvalue weighted by atomic mass is 32.2. The number of sulfonamides is 1. The molecule has 1 aromatic carbocycles. The van der Waals surface area contributed by atoms with Crippen molar-refractivity contribution < 1.29 is 27.5 Å². The maximum Gasteiger partial charge on any atom is 0.277 e. The molecule has 1 aromatic rings. The molecule has 2 amide bonds. The van der Waals surface area contributed by atoms with E-state index in [0.717, 1.165) is 30.2 Å². The van der Waals surface area contributed by atoms with Gasteiger partial charge in [-0.15, -0.1) is 0 Å². The van der Waals surface area contributed by atoms with Crippen molar-refractivity contribution in [3.05, 3.63) is 29.7 Å². The molecule has 0 saturated heterocycles. The van der Waals surface area contributed by atoms with E-state index in [1.165, 1.54) is 4.90 Å². The van der Waals surface area contributed by atoms with Gasteiger partial charge in [-0.2, -0.15) is 0 Å². The molecule has 0 fully saturated rings. The van der Waals surface area contributed by atoms with Crippen LogP contribution in [-0.4, -0.2) is 64.5 Å². The van der Waals surface area contributed by atoms with Crippen LogP contribution in [0.5, 0.6) is 0 Å². The number of β-amino-alcohol motifs (C(OH)–C–C–N with tert-alkyl or cyclic N) is 1. The van der Waals surface area contributed by atoms with Gasteiger partial charge in [-0.1, -0.05) is 0 Å². The molecule has 3 N–H and O–H groups in total. The van der Waals surface area contributed by atoms with Gasteiger partial charge in [0.2, 0.25) is 10.0 Å². The van der Waals surface area contributed by atoms with Crippen LogP contribution in [0.3, 0.4) is 0 Å². The van der Waals surface area contributed by atoms with E-state index in [1.807, 2.05) is 4.72 Å². The van der Waals surface area contributed by atoms with E-state index < -0.39 is 32.6 Å². The monoisotopic (exact) mass is 386 g/mol. The molecule has 9 nitrogen and oxygen atoms in total. The number of carbonyl (C=O) groups is 2. The van der Waals surface area contributed by atoms with Gasteiger partial charge in [-0.05, 0) is 13.1 Å². The molecule has 1 aliphatic heterocycles. The van der Waals surface area contributed by atoms with Crippen LogP contribution < -0.4 is 14.9 Å². The molecule has 0 atom stereocenters. The fraction of sp³-hybridized carbons (Fsp3) is 0.333. The number of aliphatic hydroxyl groups is 1. The normalized spacial score (nSPS) is 14.7. The number of halogens is 1. The van der Waals surface area contributed by atoms with Gasteiger partial charge in [0.1, 0.15) is 16.4 Å². The highest BCUT2D eigenvalue weighted by Gasteiger charge is 2.31. The van der Waals surface area contributed by atoms with Crippen molar-refractivity contribution in [2.24, 2.45) is 0 Å². The number of anilines is 2. The lowest BCUT2D eigenvalue weighted by atomic mass is 10.2. The second-order valence-corrected chi connectivity index (χ2v) is 7.46. The molecule has 1 aliphatic rings. The van der Waals surface area contributed by atoms with Crippen LogP contribution in [0.2, 0.25) is 0 Å². The zero-order valence-electron chi connectivity index (χ0n) is 14.4. The number of hydrogen-bond donors (Lipinski definition) is 3. The quantitative estimate of drug-likeness (QED) is 0.538. The van der Waals surface area contributed by atoms with E-state index in [0.29, 0.717) is 0 Å². The van der Waals surface area contributed by atoms with Gasteiger partial charge in [0.25, 0.3) is 11.8 Å². The summed E-state index contributed by atoms with van der Waals surface area (Å²) >= 11 is 0. The Morgan fingerprint density at radius 3 is 2.46 bits per heavy atom. The fourth-order valence-corrected chi connectivity index (χ4v) is 3.19. The fourth-order valence-electron chi connectivity index (χ4n) is 2.38. The van der Waals surface area contributed by atoms with Gasteiger partial charge in [-0.3, -0.25) is 14.5 Å². The number of nitrogens with one attached hydrogen (secondary N) is 2. The summed E-state index contributed by atoms with van der Waals surface area (Å²) in [6.07, 6.45) is 1.03. The summed E-state index contributed by atoms with van der Waals surface area (Å²) in [6, 6.07) is 2.06. The summed E-state index contributed by atoms with van der Waals surface area (Å²) in [5.41, 5.74) is 0.300. The summed E-state index contributed by atoms with van der Waals surface area (Å²) < 4.78 is 40.2. The minimum atomic E-state index is -4.07. The van der Waals surface area contributed by atoms with E-state index in [1.54, 1.807) is 14.1 Å². The summed E-state index contributed by atoms with van der Waals surface area (Å²) in [6.45, 7) is -0.550. The van der Waals surface area contributed by atoms with Gasteiger partial charge in [0, 0.05) is 26.2 Å². The lowest BCUT2D eigenvalue weighted by molar-refractivity contribution is -0.137. The third kappa shape index (κ3) is 3.69. The lowest BCUT2D eigenvalue weighted by Crippen LogP contribution is -2.34. The topological polar surface area (TPSA) is 119 Å². The Morgan fingerprint density at radius 2 is 1.92 bits per heavy atom. The maximum atomic E-state index is 14.2. The molecule has 0 aromatic heterocycles. The van der Waals surface area contributed by atoms with Gasteiger partial charge < -0.3 is 15.3 Å². The molecule has 11 heteroatoms. The molecular weight excluding hydrogens is 367 g/mol. The van der Waals surface area contributed by atoms with Crippen LogP contribution >= 0.6 is 0 Å². The molecule has 0 unspecified atom stereocenters. The average molecular weight is 386 g/mol. The summed E-state index contributed by atoms with van der Waals surface area (Å²) in [7, 11) is 0.302. The zero-order valence-corrected chi connectivity index (χ0v) is 15.2. The summed E-state index contributed by atoms with van der Waals surface area (Å²) in [5.74, 6) is -2.24. The first-order chi connectivity index (χ1) is 12.1. The van der Waals surface area contributed by atoms with Crippen LogP contribution in [0.25, 0.3) is 0 Å². The molecule has 0 radical (unpaired) electrons.